The van der Waals surface area contributed by atoms with E-state index in [0.29, 0.717) is 25.9 Å². The van der Waals surface area contributed by atoms with E-state index in [1.54, 1.807) is 11.7 Å². The zero-order valence-corrected chi connectivity index (χ0v) is 17.5. The Hall–Kier alpha value is -2.48. The van der Waals surface area contributed by atoms with Crippen LogP contribution in [0.4, 0.5) is 0 Å². The van der Waals surface area contributed by atoms with Gasteiger partial charge in [-0.2, -0.15) is 0 Å². The van der Waals surface area contributed by atoms with Gasteiger partial charge in [-0.15, -0.1) is 0 Å². The number of nitrogens with zero attached hydrogens (tertiary/aromatic N) is 1. The largest absolute Gasteiger partial charge is 0.437 e. The number of carbonyl (C=O) groups is 2. The molecule has 4 N–H and O–H groups in total. The maximum atomic E-state index is 13.4. The van der Waals surface area contributed by atoms with Crippen LogP contribution in [0.2, 0.25) is 6.82 Å². The molecule has 3 rings (SSSR count). The van der Waals surface area contributed by atoms with Crippen molar-refractivity contribution in [3.8, 4) is 0 Å². The molecule has 2 aromatic rings. The Morgan fingerprint density at radius 3 is 2.50 bits per heavy atom. The zero-order chi connectivity index (χ0) is 21.5. The lowest BCUT2D eigenvalue weighted by Gasteiger charge is -2.29. The first-order valence-corrected chi connectivity index (χ1v) is 10.6. The monoisotopic (exact) mass is 407 g/mol. The minimum Gasteiger partial charge on any atom is -0.437 e. The summed E-state index contributed by atoms with van der Waals surface area (Å²) in [5.74, 6) is -0.0972. The molecule has 7 heteroatoms. The van der Waals surface area contributed by atoms with Gasteiger partial charge < -0.3 is 20.9 Å². The van der Waals surface area contributed by atoms with Gasteiger partial charge in [-0.3, -0.25) is 9.59 Å². The Morgan fingerprint density at radius 2 is 1.83 bits per heavy atom. The van der Waals surface area contributed by atoms with Crippen molar-refractivity contribution in [1.82, 2.24) is 10.1 Å². The van der Waals surface area contributed by atoms with Crippen LogP contribution in [0.25, 0.3) is 0 Å². The smallest absolute Gasteiger partial charge is 0.374 e. The average molecular weight is 407 g/mol. The van der Waals surface area contributed by atoms with E-state index in [-0.39, 0.29) is 18.1 Å². The summed E-state index contributed by atoms with van der Waals surface area (Å²) < 4.78 is 0. The Labute approximate surface area is 178 Å². The molecule has 0 aliphatic carbocycles. The van der Waals surface area contributed by atoms with Crippen LogP contribution in [0.1, 0.15) is 29.5 Å². The van der Waals surface area contributed by atoms with Crippen LogP contribution in [0.5, 0.6) is 0 Å². The van der Waals surface area contributed by atoms with Crippen molar-refractivity contribution in [1.29, 1.82) is 0 Å². The SMILES string of the molecule is CB(O)N[C@H](Cc1ccccc1)C(=O)N1CCC[C@H]1C(=O)Cc1ccccc1CN. The van der Waals surface area contributed by atoms with E-state index in [2.05, 4.69) is 5.23 Å². The number of Topliss-reactive ketones (excluding diaryl/α,β-unsaturated/α-hetero) is 1. The highest BCUT2D eigenvalue weighted by atomic mass is 16.2. The second kappa shape index (κ2) is 10.5. The molecule has 1 heterocycles. The van der Waals surface area contributed by atoms with Gasteiger partial charge in [0.1, 0.15) is 0 Å². The van der Waals surface area contributed by atoms with Crippen molar-refractivity contribution in [2.45, 2.75) is 51.1 Å². The van der Waals surface area contributed by atoms with Gasteiger partial charge in [0.15, 0.2) is 5.78 Å². The van der Waals surface area contributed by atoms with Crippen molar-refractivity contribution in [2.24, 2.45) is 5.73 Å². The Morgan fingerprint density at radius 1 is 1.17 bits per heavy atom. The molecule has 0 bridgehead atoms. The van der Waals surface area contributed by atoms with E-state index in [1.807, 2.05) is 54.6 Å². The van der Waals surface area contributed by atoms with Crippen LogP contribution in [0, 0.1) is 0 Å². The highest BCUT2D eigenvalue weighted by molar-refractivity contribution is 6.46. The molecule has 1 amide bonds. The molecule has 1 fully saturated rings. The molecule has 0 saturated carbocycles. The van der Waals surface area contributed by atoms with E-state index in [4.69, 9.17) is 5.73 Å². The van der Waals surface area contributed by atoms with Crippen LogP contribution in [0.15, 0.2) is 54.6 Å². The molecule has 2 aromatic carbocycles. The van der Waals surface area contributed by atoms with Gasteiger partial charge in [0.25, 0.3) is 0 Å². The van der Waals surface area contributed by atoms with Crippen molar-refractivity contribution in [3.63, 3.8) is 0 Å². The zero-order valence-electron chi connectivity index (χ0n) is 17.5. The summed E-state index contributed by atoms with van der Waals surface area (Å²) in [5, 5.41) is 12.8. The molecule has 1 aliphatic heterocycles. The molecular formula is C23H30BN3O3. The molecule has 0 radical (unpaired) electrons. The first-order valence-electron chi connectivity index (χ1n) is 10.6. The molecule has 6 nitrogen and oxygen atoms in total. The number of ketones is 1. The summed E-state index contributed by atoms with van der Waals surface area (Å²) in [6.07, 6.45) is 2.20. The van der Waals surface area contributed by atoms with Crippen molar-refractivity contribution >= 4 is 18.7 Å². The third kappa shape index (κ3) is 5.56. The Kier molecular flexibility index (Phi) is 7.79. The number of hydrogen-bond donors (Lipinski definition) is 3. The van der Waals surface area contributed by atoms with Crippen LogP contribution >= 0.6 is 0 Å². The lowest BCUT2D eigenvalue weighted by atomic mass is 9.85. The lowest BCUT2D eigenvalue weighted by Crippen LogP contribution is -2.54. The Balaban J connectivity index is 1.74. The second-order valence-corrected chi connectivity index (χ2v) is 7.89. The fourth-order valence-corrected chi connectivity index (χ4v) is 4.16. The second-order valence-electron chi connectivity index (χ2n) is 7.89. The van der Waals surface area contributed by atoms with E-state index in [9.17, 15) is 14.6 Å². The van der Waals surface area contributed by atoms with Gasteiger partial charge in [0.2, 0.25) is 5.91 Å². The normalized spacial score (nSPS) is 17.0. The number of nitrogens with one attached hydrogen (secondary N) is 1. The minimum atomic E-state index is -0.823. The predicted molar refractivity (Wildman–Crippen MR) is 119 cm³/mol. The van der Waals surface area contributed by atoms with Gasteiger partial charge in [-0.1, -0.05) is 54.6 Å². The van der Waals surface area contributed by atoms with Crippen molar-refractivity contribution in [3.05, 3.63) is 71.3 Å². The van der Waals surface area contributed by atoms with Gasteiger partial charge in [0, 0.05) is 19.5 Å². The molecule has 158 valence electrons. The van der Waals surface area contributed by atoms with Gasteiger partial charge in [-0.25, -0.2) is 0 Å². The van der Waals surface area contributed by atoms with E-state index in [1.165, 1.54) is 0 Å². The standard InChI is InChI=1S/C23H30BN3O3/c1-24(30)26-20(14-17-8-3-2-4-9-17)23(29)27-13-7-12-21(27)22(28)15-18-10-5-6-11-19(18)16-25/h2-6,8-11,20-21,26,30H,7,12-16,25H2,1H3/t20-,21+/m1/s1. The number of amides is 1. The number of rotatable bonds is 9. The van der Waals surface area contributed by atoms with Gasteiger partial charge >= 0.3 is 7.05 Å². The van der Waals surface area contributed by atoms with Gasteiger partial charge in [-0.05, 0) is 42.8 Å². The highest BCUT2D eigenvalue weighted by Gasteiger charge is 2.37. The first-order chi connectivity index (χ1) is 14.5. The molecule has 30 heavy (non-hydrogen) atoms. The van der Waals surface area contributed by atoms with Crippen LogP contribution in [-0.4, -0.2) is 47.3 Å². The average Bonchev–Trinajstić information content (AvgIpc) is 3.23. The van der Waals surface area contributed by atoms with E-state index < -0.39 is 19.1 Å². The third-order valence-corrected chi connectivity index (χ3v) is 5.63. The molecule has 0 unspecified atom stereocenters. The molecule has 1 saturated heterocycles. The first kappa shape index (κ1) is 22.2. The van der Waals surface area contributed by atoms with Crippen LogP contribution in [-0.2, 0) is 29.0 Å². The maximum Gasteiger partial charge on any atom is 0.374 e. The summed E-state index contributed by atoms with van der Waals surface area (Å²) in [4.78, 5) is 28.1. The fraction of sp³-hybridized carbons (Fsp3) is 0.391. The molecule has 0 aromatic heterocycles. The molecule has 1 aliphatic rings. The fourth-order valence-electron chi connectivity index (χ4n) is 4.16. The summed E-state index contributed by atoms with van der Waals surface area (Å²) in [5.41, 5.74) is 8.69. The summed E-state index contributed by atoms with van der Waals surface area (Å²) in [7, 11) is -0.823. The lowest BCUT2D eigenvalue weighted by molar-refractivity contribution is -0.138. The maximum absolute atomic E-state index is 13.4. The molecule has 0 spiro atoms. The van der Waals surface area contributed by atoms with E-state index in [0.717, 1.165) is 23.1 Å². The van der Waals surface area contributed by atoms with Crippen LogP contribution in [0.3, 0.4) is 0 Å². The van der Waals surface area contributed by atoms with Crippen LogP contribution < -0.4 is 11.0 Å². The Bertz CT molecular complexity index is 860. The van der Waals surface area contributed by atoms with Crippen molar-refractivity contribution < 1.29 is 14.6 Å². The van der Waals surface area contributed by atoms with E-state index >= 15 is 0 Å². The summed E-state index contributed by atoms with van der Waals surface area (Å²) >= 11 is 0. The predicted octanol–water partition coefficient (Wildman–Crippen LogP) is 1.56. The topological polar surface area (TPSA) is 95.7 Å². The molecule has 2 atom stereocenters. The minimum absolute atomic E-state index is 0.0391. The quantitative estimate of drug-likeness (QED) is 0.549. The number of carbonyl (C=O) groups excluding carboxylic acids is 2. The summed E-state index contributed by atoms with van der Waals surface area (Å²) in [6.45, 7) is 2.54. The van der Waals surface area contributed by atoms with Gasteiger partial charge in [0.05, 0.1) is 12.1 Å². The van der Waals surface area contributed by atoms with Crippen molar-refractivity contribution in [2.75, 3.05) is 6.54 Å². The number of hydrogen-bond acceptors (Lipinski definition) is 5. The summed E-state index contributed by atoms with van der Waals surface area (Å²) in [6, 6.07) is 16.4. The highest BCUT2D eigenvalue weighted by Crippen LogP contribution is 2.22. The number of nitrogens with two attached hydrogens (primary N) is 1. The number of likely N-dealkylation sites (tertiary alicyclic amines) is 1. The molecular weight excluding hydrogens is 377 g/mol. The number of benzene rings is 2. The third-order valence-electron chi connectivity index (χ3n) is 5.63.